The molecule has 0 saturated heterocycles. The number of hydrogen-bond acceptors (Lipinski definition) is 1. The van der Waals surface area contributed by atoms with Gasteiger partial charge in [-0.25, -0.2) is 0 Å². The zero-order chi connectivity index (χ0) is 13.7. The monoisotopic (exact) mass is 335 g/mol. The summed E-state index contributed by atoms with van der Waals surface area (Å²) in [7, 11) is 0. The molecule has 0 atom stereocenters. The van der Waals surface area contributed by atoms with Gasteiger partial charge in [0, 0.05) is 6.08 Å². The third-order valence-electron chi connectivity index (χ3n) is 2.44. The molecular weight excluding hydrogens is 326 g/mol. The lowest BCUT2D eigenvalue weighted by Gasteiger charge is -2.05. The van der Waals surface area contributed by atoms with E-state index in [4.69, 9.17) is 11.6 Å². The Balaban J connectivity index is 2.06. The Morgan fingerprint density at radius 3 is 2.58 bits per heavy atom. The number of carbonyl (C=O) groups is 1. The first-order chi connectivity index (χ1) is 9.16. The number of carbonyl (C=O) groups excluding carboxylic acids is 1. The highest BCUT2D eigenvalue weighted by molar-refractivity contribution is 9.10. The molecule has 0 bridgehead atoms. The van der Waals surface area contributed by atoms with E-state index in [2.05, 4.69) is 21.2 Å². The van der Waals surface area contributed by atoms with Crippen LogP contribution in [-0.4, -0.2) is 5.91 Å². The van der Waals surface area contributed by atoms with E-state index in [-0.39, 0.29) is 5.91 Å². The van der Waals surface area contributed by atoms with Crippen LogP contribution in [0.3, 0.4) is 0 Å². The van der Waals surface area contributed by atoms with E-state index in [1.54, 1.807) is 24.3 Å². The van der Waals surface area contributed by atoms with Crippen molar-refractivity contribution < 1.29 is 4.79 Å². The van der Waals surface area contributed by atoms with Crippen molar-refractivity contribution in [1.82, 2.24) is 0 Å². The number of anilines is 1. The molecule has 0 unspecified atom stereocenters. The molecule has 0 saturated carbocycles. The number of halogens is 2. The van der Waals surface area contributed by atoms with Crippen molar-refractivity contribution in [2.24, 2.45) is 0 Å². The summed E-state index contributed by atoms with van der Waals surface area (Å²) in [6, 6.07) is 14.9. The minimum atomic E-state index is -0.202. The van der Waals surface area contributed by atoms with Crippen LogP contribution in [0.15, 0.2) is 59.1 Å². The molecule has 0 aliphatic rings. The topological polar surface area (TPSA) is 29.1 Å². The van der Waals surface area contributed by atoms with E-state index < -0.39 is 0 Å². The van der Waals surface area contributed by atoms with Crippen molar-refractivity contribution in [1.29, 1.82) is 0 Å². The molecule has 96 valence electrons. The lowest BCUT2D eigenvalue weighted by molar-refractivity contribution is -0.111. The van der Waals surface area contributed by atoms with E-state index in [1.807, 2.05) is 30.3 Å². The van der Waals surface area contributed by atoms with Crippen molar-refractivity contribution in [3.8, 4) is 0 Å². The van der Waals surface area contributed by atoms with Gasteiger partial charge in [0.15, 0.2) is 0 Å². The van der Waals surface area contributed by atoms with Crippen LogP contribution in [0.5, 0.6) is 0 Å². The summed E-state index contributed by atoms with van der Waals surface area (Å²) in [6.07, 6.45) is 3.25. The Kier molecular flexibility index (Phi) is 4.77. The minimum absolute atomic E-state index is 0.202. The third-order valence-corrected chi connectivity index (χ3v) is 3.83. The Labute approximate surface area is 125 Å². The standard InChI is InChI=1S/C15H11BrClNO/c16-15-12(17)7-4-8-13(15)18-14(19)10-9-11-5-2-1-3-6-11/h1-10H,(H,18,19)/b10-9+. The van der Waals surface area contributed by atoms with E-state index in [0.29, 0.717) is 15.2 Å². The predicted molar refractivity (Wildman–Crippen MR) is 83.3 cm³/mol. The summed E-state index contributed by atoms with van der Waals surface area (Å²) in [5.74, 6) is -0.202. The number of benzene rings is 2. The summed E-state index contributed by atoms with van der Waals surface area (Å²) in [4.78, 5) is 11.8. The zero-order valence-corrected chi connectivity index (χ0v) is 12.3. The second kappa shape index (κ2) is 6.55. The van der Waals surface area contributed by atoms with Crippen molar-refractivity contribution in [3.05, 3.63) is 69.7 Å². The van der Waals surface area contributed by atoms with Gasteiger partial charge < -0.3 is 5.32 Å². The van der Waals surface area contributed by atoms with Crippen molar-refractivity contribution in [2.45, 2.75) is 0 Å². The van der Waals surface area contributed by atoms with Gasteiger partial charge in [-0.2, -0.15) is 0 Å². The highest BCUT2D eigenvalue weighted by Crippen LogP contribution is 2.29. The van der Waals surface area contributed by atoms with Gasteiger partial charge in [-0.05, 0) is 39.7 Å². The van der Waals surface area contributed by atoms with E-state index in [1.165, 1.54) is 6.08 Å². The van der Waals surface area contributed by atoms with Gasteiger partial charge in [0.05, 0.1) is 15.2 Å². The lowest BCUT2D eigenvalue weighted by Crippen LogP contribution is -2.08. The average molecular weight is 337 g/mol. The molecule has 0 radical (unpaired) electrons. The SMILES string of the molecule is O=C(/C=C/c1ccccc1)Nc1cccc(Cl)c1Br. The summed E-state index contributed by atoms with van der Waals surface area (Å²) in [5, 5.41) is 3.32. The van der Waals surface area contributed by atoms with Crippen LogP contribution in [0, 0.1) is 0 Å². The molecule has 4 heteroatoms. The van der Waals surface area contributed by atoms with Gasteiger partial charge in [0.1, 0.15) is 0 Å². The minimum Gasteiger partial charge on any atom is -0.321 e. The summed E-state index contributed by atoms with van der Waals surface area (Å²) < 4.78 is 0.679. The fraction of sp³-hybridized carbons (Fsp3) is 0. The van der Waals surface area contributed by atoms with Gasteiger partial charge in [0.2, 0.25) is 5.91 Å². The van der Waals surface area contributed by atoms with Gasteiger partial charge >= 0.3 is 0 Å². The van der Waals surface area contributed by atoms with Crippen LogP contribution in [0.25, 0.3) is 6.08 Å². The summed E-state index contributed by atoms with van der Waals surface area (Å²) in [6.45, 7) is 0. The van der Waals surface area contributed by atoms with E-state index >= 15 is 0 Å². The van der Waals surface area contributed by atoms with Crippen LogP contribution in [-0.2, 0) is 4.79 Å². The maximum absolute atomic E-state index is 11.8. The summed E-state index contributed by atoms with van der Waals surface area (Å²) >= 11 is 9.29. The number of nitrogens with one attached hydrogen (secondary N) is 1. The Morgan fingerprint density at radius 1 is 1.11 bits per heavy atom. The first-order valence-electron chi connectivity index (χ1n) is 5.65. The molecule has 0 aromatic heterocycles. The highest BCUT2D eigenvalue weighted by Gasteiger charge is 2.05. The molecular formula is C15H11BrClNO. The zero-order valence-electron chi connectivity index (χ0n) is 9.94. The molecule has 19 heavy (non-hydrogen) atoms. The molecule has 0 fully saturated rings. The van der Waals surface area contributed by atoms with Crippen molar-refractivity contribution >= 4 is 45.2 Å². The number of amides is 1. The molecule has 2 aromatic carbocycles. The Bertz CT molecular complexity index is 611. The molecule has 2 aromatic rings. The maximum atomic E-state index is 11.8. The first-order valence-corrected chi connectivity index (χ1v) is 6.82. The van der Waals surface area contributed by atoms with E-state index in [0.717, 1.165) is 5.56 Å². The normalized spacial score (nSPS) is 10.6. The van der Waals surface area contributed by atoms with Crippen LogP contribution < -0.4 is 5.32 Å². The molecule has 2 nitrogen and oxygen atoms in total. The van der Waals surface area contributed by atoms with Crippen LogP contribution >= 0.6 is 27.5 Å². The van der Waals surface area contributed by atoms with Gasteiger partial charge in [0.25, 0.3) is 0 Å². The molecule has 1 amide bonds. The second-order valence-corrected chi connectivity index (χ2v) is 5.03. The first kappa shape index (κ1) is 13.8. The van der Waals surface area contributed by atoms with Gasteiger partial charge in [-0.15, -0.1) is 0 Å². The fourth-order valence-corrected chi connectivity index (χ4v) is 2.05. The quantitative estimate of drug-likeness (QED) is 0.805. The van der Waals surface area contributed by atoms with E-state index in [9.17, 15) is 4.79 Å². The molecule has 0 aliphatic heterocycles. The van der Waals surface area contributed by atoms with Gasteiger partial charge in [-0.3, -0.25) is 4.79 Å². The van der Waals surface area contributed by atoms with Crippen LogP contribution in [0.4, 0.5) is 5.69 Å². The molecule has 0 spiro atoms. The number of rotatable bonds is 3. The second-order valence-electron chi connectivity index (χ2n) is 3.83. The molecule has 2 rings (SSSR count). The lowest BCUT2D eigenvalue weighted by atomic mass is 10.2. The largest absolute Gasteiger partial charge is 0.321 e. The Morgan fingerprint density at radius 2 is 1.84 bits per heavy atom. The van der Waals surface area contributed by atoms with Crippen LogP contribution in [0.1, 0.15) is 5.56 Å². The smallest absolute Gasteiger partial charge is 0.248 e. The predicted octanol–water partition coefficient (Wildman–Crippen LogP) is 4.75. The van der Waals surface area contributed by atoms with Crippen molar-refractivity contribution in [2.75, 3.05) is 5.32 Å². The fourth-order valence-electron chi connectivity index (χ4n) is 1.51. The Hall–Kier alpha value is -1.58. The molecule has 1 N–H and O–H groups in total. The molecule has 0 heterocycles. The summed E-state index contributed by atoms with van der Waals surface area (Å²) in [5.41, 5.74) is 1.62. The van der Waals surface area contributed by atoms with Crippen molar-refractivity contribution in [3.63, 3.8) is 0 Å². The number of hydrogen-bond donors (Lipinski definition) is 1. The van der Waals surface area contributed by atoms with Crippen LogP contribution in [0.2, 0.25) is 5.02 Å². The highest BCUT2D eigenvalue weighted by atomic mass is 79.9. The molecule has 0 aliphatic carbocycles. The third kappa shape index (κ3) is 3.94. The average Bonchev–Trinajstić information content (AvgIpc) is 2.43. The van der Waals surface area contributed by atoms with Gasteiger partial charge in [-0.1, -0.05) is 48.0 Å². The maximum Gasteiger partial charge on any atom is 0.248 e.